The first-order chi connectivity index (χ1) is 15.0. The Kier molecular flexibility index (Phi) is 5.30. The van der Waals surface area contributed by atoms with Crippen LogP contribution in [0.2, 0.25) is 5.02 Å². The van der Waals surface area contributed by atoms with E-state index < -0.39 is 0 Å². The summed E-state index contributed by atoms with van der Waals surface area (Å²) in [4.78, 5) is 45.6. The Hall–Kier alpha value is -2.66. The van der Waals surface area contributed by atoms with Crippen molar-refractivity contribution in [2.75, 3.05) is 13.1 Å². The lowest BCUT2D eigenvalue weighted by molar-refractivity contribution is -0.122. The number of carbonyl (C=O) groups is 3. The fourth-order valence-corrected chi connectivity index (χ4v) is 5.84. The van der Waals surface area contributed by atoms with Crippen LogP contribution in [0.1, 0.15) is 15.2 Å². The second-order valence-corrected chi connectivity index (χ2v) is 9.94. The van der Waals surface area contributed by atoms with Crippen LogP contribution in [-0.4, -0.2) is 44.4 Å². The number of aromatic nitrogens is 2. The predicted molar refractivity (Wildman–Crippen MR) is 125 cm³/mol. The van der Waals surface area contributed by atoms with Crippen molar-refractivity contribution < 1.29 is 14.4 Å². The van der Waals surface area contributed by atoms with Crippen LogP contribution in [0.25, 0.3) is 21.4 Å². The molecule has 31 heavy (non-hydrogen) atoms. The summed E-state index contributed by atoms with van der Waals surface area (Å²) in [6, 6.07) is 8.80. The minimum absolute atomic E-state index is 0.104. The van der Waals surface area contributed by atoms with Gasteiger partial charge in [-0.15, -0.1) is 22.7 Å². The van der Waals surface area contributed by atoms with Gasteiger partial charge in [0.15, 0.2) is 4.96 Å². The number of hydrogen-bond acceptors (Lipinski definition) is 7. The average Bonchev–Trinajstić information content (AvgIpc) is 3.48. The number of rotatable bonds is 5. The zero-order valence-corrected chi connectivity index (χ0v) is 18.9. The van der Waals surface area contributed by atoms with Gasteiger partial charge in [0.1, 0.15) is 4.83 Å². The van der Waals surface area contributed by atoms with E-state index in [-0.39, 0.29) is 30.1 Å². The molecule has 1 aliphatic heterocycles. The lowest BCUT2D eigenvalue weighted by Crippen LogP contribution is -2.37. The topological polar surface area (TPSA) is 83.8 Å². The molecule has 11 heteroatoms. The Bertz CT molecular complexity index is 1370. The first kappa shape index (κ1) is 20.3. The van der Waals surface area contributed by atoms with Gasteiger partial charge in [0, 0.05) is 29.7 Å². The Morgan fingerprint density at radius 2 is 2.03 bits per heavy atom. The number of thioether (sulfide) groups is 1. The number of nitrogens with one attached hydrogen (secondary N) is 1. The van der Waals surface area contributed by atoms with Gasteiger partial charge in [-0.25, -0.2) is 4.98 Å². The molecule has 4 heterocycles. The third-order valence-electron chi connectivity index (χ3n) is 4.63. The molecular formula is C20H13ClN4O3S3. The molecule has 1 fully saturated rings. The lowest BCUT2D eigenvalue weighted by Gasteiger charge is -2.12. The third kappa shape index (κ3) is 3.87. The number of benzene rings is 1. The number of imide groups is 1. The minimum atomic E-state index is -0.366. The van der Waals surface area contributed by atoms with Crippen molar-refractivity contribution in [1.82, 2.24) is 19.6 Å². The monoisotopic (exact) mass is 488 g/mol. The molecule has 156 valence electrons. The molecule has 0 saturated carbocycles. The molecule has 1 aromatic carbocycles. The molecule has 0 atom stereocenters. The lowest BCUT2D eigenvalue weighted by atomic mass is 10.2. The van der Waals surface area contributed by atoms with E-state index in [4.69, 9.17) is 11.6 Å². The fourth-order valence-electron chi connectivity index (χ4n) is 3.13. The van der Waals surface area contributed by atoms with Crippen LogP contribution in [0.4, 0.5) is 4.79 Å². The predicted octanol–water partition coefficient (Wildman–Crippen LogP) is 4.73. The van der Waals surface area contributed by atoms with E-state index in [0.29, 0.717) is 14.8 Å². The maximum absolute atomic E-state index is 12.6. The van der Waals surface area contributed by atoms with Crippen molar-refractivity contribution in [2.45, 2.75) is 0 Å². The van der Waals surface area contributed by atoms with Gasteiger partial charge in [0.25, 0.3) is 17.1 Å². The summed E-state index contributed by atoms with van der Waals surface area (Å²) in [7, 11) is 0. The van der Waals surface area contributed by atoms with Gasteiger partial charge in [-0.05, 0) is 41.6 Å². The smallest absolute Gasteiger partial charge is 0.293 e. The highest BCUT2D eigenvalue weighted by Gasteiger charge is 2.34. The molecule has 0 unspecified atom stereocenters. The Morgan fingerprint density at radius 3 is 2.84 bits per heavy atom. The van der Waals surface area contributed by atoms with Crippen molar-refractivity contribution in [1.29, 1.82) is 0 Å². The van der Waals surface area contributed by atoms with Crippen LogP contribution in [0.3, 0.4) is 0 Å². The van der Waals surface area contributed by atoms with Crippen molar-refractivity contribution in [3.05, 3.63) is 62.3 Å². The van der Waals surface area contributed by atoms with E-state index in [1.54, 1.807) is 36.4 Å². The first-order valence-corrected chi connectivity index (χ1v) is 12.0. The first-order valence-electron chi connectivity index (χ1n) is 9.14. The zero-order chi connectivity index (χ0) is 21.5. The summed E-state index contributed by atoms with van der Waals surface area (Å²) in [6.07, 6.45) is 3.58. The zero-order valence-electron chi connectivity index (χ0n) is 15.7. The van der Waals surface area contributed by atoms with Gasteiger partial charge in [-0.3, -0.25) is 23.7 Å². The van der Waals surface area contributed by atoms with Gasteiger partial charge in [0.05, 0.1) is 15.3 Å². The van der Waals surface area contributed by atoms with E-state index in [9.17, 15) is 14.4 Å². The standard InChI is InChI=1S/C20H13ClN4O3S3/c21-12-3-1-11(2-4-12)9-15-18(27)25(20(28)31-15)6-5-22-16(26)14-10-13-17(30-14)23-19-24(13)7-8-29-19/h1-4,7-10H,5-6H2,(H,22,26)/b15-9-. The number of thiazole rings is 1. The van der Waals surface area contributed by atoms with Crippen LogP contribution in [0.5, 0.6) is 0 Å². The normalized spacial score (nSPS) is 15.6. The molecule has 3 amide bonds. The molecule has 4 aromatic rings. The molecule has 0 bridgehead atoms. The van der Waals surface area contributed by atoms with E-state index in [0.717, 1.165) is 37.5 Å². The van der Waals surface area contributed by atoms with E-state index in [1.807, 2.05) is 16.0 Å². The largest absolute Gasteiger partial charge is 0.350 e. The number of imidazole rings is 1. The van der Waals surface area contributed by atoms with Gasteiger partial charge in [-0.2, -0.15) is 0 Å². The van der Waals surface area contributed by atoms with Gasteiger partial charge >= 0.3 is 0 Å². The Labute approximate surface area is 193 Å². The highest BCUT2D eigenvalue weighted by atomic mass is 35.5. The SMILES string of the molecule is O=C(NCCN1C(=O)S/C(=C\c2ccc(Cl)cc2)C1=O)c1cc2c(nc3sccn32)s1. The Morgan fingerprint density at radius 1 is 1.23 bits per heavy atom. The molecule has 0 spiro atoms. The highest BCUT2D eigenvalue weighted by molar-refractivity contribution is 8.18. The number of amides is 3. The van der Waals surface area contributed by atoms with E-state index >= 15 is 0 Å². The molecule has 0 aliphatic carbocycles. The maximum Gasteiger partial charge on any atom is 0.293 e. The molecule has 0 radical (unpaired) electrons. The number of fused-ring (bicyclic) bond motifs is 3. The summed E-state index contributed by atoms with van der Waals surface area (Å²) in [5.74, 6) is -0.620. The van der Waals surface area contributed by atoms with E-state index in [2.05, 4.69) is 10.3 Å². The third-order valence-corrected chi connectivity index (χ3v) is 7.56. The van der Waals surface area contributed by atoms with Crippen molar-refractivity contribution >= 4 is 84.5 Å². The molecule has 1 N–H and O–H groups in total. The Balaban J connectivity index is 1.22. The molecule has 3 aromatic heterocycles. The average molecular weight is 489 g/mol. The number of thiophene rings is 1. The van der Waals surface area contributed by atoms with Crippen molar-refractivity contribution in [2.24, 2.45) is 0 Å². The van der Waals surface area contributed by atoms with Gasteiger partial charge in [-0.1, -0.05) is 23.7 Å². The van der Waals surface area contributed by atoms with Crippen LogP contribution < -0.4 is 5.32 Å². The fraction of sp³-hybridized carbons (Fsp3) is 0.100. The second-order valence-electron chi connectivity index (χ2n) is 6.61. The number of nitrogens with zero attached hydrogens (tertiary/aromatic N) is 3. The molecule has 1 saturated heterocycles. The van der Waals surface area contributed by atoms with Crippen LogP contribution in [-0.2, 0) is 4.79 Å². The molecule has 7 nitrogen and oxygen atoms in total. The minimum Gasteiger partial charge on any atom is -0.350 e. The molecular weight excluding hydrogens is 476 g/mol. The summed E-state index contributed by atoms with van der Waals surface area (Å²) >= 11 is 9.61. The molecule has 1 aliphatic rings. The summed E-state index contributed by atoms with van der Waals surface area (Å²) < 4.78 is 1.95. The molecule has 5 rings (SSSR count). The summed E-state index contributed by atoms with van der Waals surface area (Å²) in [5, 5.41) is 4.96. The second kappa shape index (κ2) is 8.12. The van der Waals surface area contributed by atoms with Crippen LogP contribution >= 0.6 is 46.0 Å². The van der Waals surface area contributed by atoms with Crippen LogP contribution in [0, 0.1) is 0 Å². The summed E-state index contributed by atoms with van der Waals surface area (Å²) in [6.45, 7) is 0.273. The van der Waals surface area contributed by atoms with Crippen molar-refractivity contribution in [3.63, 3.8) is 0 Å². The van der Waals surface area contributed by atoms with E-state index in [1.165, 1.54) is 22.7 Å². The number of carbonyl (C=O) groups excluding carboxylic acids is 3. The maximum atomic E-state index is 12.6. The van der Waals surface area contributed by atoms with Crippen LogP contribution in [0.15, 0.2) is 46.8 Å². The van der Waals surface area contributed by atoms with Gasteiger partial charge in [0.2, 0.25) is 0 Å². The quantitative estimate of drug-likeness (QED) is 0.410. The van der Waals surface area contributed by atoms with Crippen molar-refractivity contribution in [3.8, 4) is 0 Å². The number of hydrogen-bond donors (Lipinski definition) is 1. The summed E-state index contributed by atoms with van der Waals surface area (Å²) in [5.41, 5.74) is 1.68. The number of halogens is 1. The highest BCUT2D eigenvalue weighted by Crippen LogP contribution is 2.32. The van der Waals surface area contributed by atoms with Gasteiger partial charge < -0.3 is 5.32 Å².